The van der Waals surface area contributed by atoms with Gasteiger partial charge in [-0.2, -0.15) is 0 Å². The third-order valence-corrected chi connectivity index (χ3v) is 11.9. The van der Waals surface area contributed by atoms with E-state index in [0.29, 0.717) is 74.8 Å². The molecule has 0 amide bonds. The predicted molar refractivity (Wildman–Crippen MR) is 309 cm³/mol. The number of aryl methyl sites for hydroxylation is 2. The number of nitrogen functional groups attached to an aromatic ring is 1. The van der Waals surface area contributed by atoms with Crippen LogP contribution < -0.4 is 27.5 Å². The molecule has 0 saturated carbocycles. The number of hydrogen-bond acceptors (Lipinski definition) is 20. The number of anilines is 3. The Morgan fingerprint density at radius 3 is 1.57 bits per heavy atom. The van der Waals surface area contributed by atoms with Gasteiger partial charge in [0.1, 0.15) is 52.9 Å². The number of nitrogens with one attached hydrogen (secondary N) is 2. The van der Waals surface area contributed by atoms with Gasteiger partial charge >= 0.3 is 5.97 Å². The van der Waals surface area contributed by atoms with Gasteiger partial charge in [0.25, 0.3) is 33.9 Å². The molecule has 420 valence electrons. The first-order valence-electron chi connectivity index (χ1n) is 24.3. The number of halogens is 3. The number of nitro groups is 4. The molecule has 0 fully saturated rings. The van der Waals surface area contributed by atoms with Crippen molar-refractivity contribution in [1.29, 1.82) is 0 Å². The van der Waals surface area contributed by atoms with Gasteiger partial charge in [-0.1, -0.05) is 52.6 Å². The van der Waals surface area contributed by atoms with Crippen LogP contribution in [0.4, 0.5) is 40.1 Å². The Hall–Kier alpha value is -8.37. The van der Waals surface area contributed by atoms with Crippen molar-refractivity contribution in [2.75, 3.05) is 36.1 Å². The smallest absolute Gasteiger partial charge is 0.330 e. The molecule has 79 heavy (non-hydrogen) atoms. The van der Waals surface area contributed by atoms with Crippen LogP contribution in [0.3, 0.4) is 0 Å². The van der Waals surface area contributed by atoms with Gasteiger partial charge in [-0.15, -0.1) is 0 Å². The maximum absolute atomic E-state index is 11.6. The molecule has 7 rings (SSSR count). The fourth-order valence-electron chi connectivity index (χ4n) is 6.36. The van der Waals surface area contributed by atoms with Crippen molar-refractivity contribution in [2.24, 2.45) is 0 Å². The zero-order valence-electron chi connectivity index (χ0n) is 43.5. The van der Waals surface area contributed by atoms with Crippen LogP contribution in [0.25, 0.3) is 28.1 Å². The van der Waals surface area contributed by atoms with Crippen molar-refractivity contribution in [3.05, 3.63) is 172 Å². The van der Waals surface area contributed by atoms with E-state index < -0.39 is 25.7 Å². The van der Waals surface area contributed by atoms with E-state index in [1.165, 1.54) is 65.6 Å². The number of ether oxygens (including phenoxy) is 1. The van der Waals surface area contributed by atoms with Crippen molar-refractivity contribution in [1.82, 2.24) is 34.1 Å². The number of aromatic nitrogens is 7. The first-order valence-corrected chi connectivity index (χ1v) is 26.3. The first kappa shape index (κ1) is 64.9. The van der Waals surface area contributed by atoms with Gasteiger partial charge in [0.05, 0.1) is 47.1 Å². The highest BCUT2D eigenvalue weighted by Gasteiger charge is 2.14. The topological polar surface area (TPSA) is 357 Å². The summed E-state index contributed by atoms with van der Waals surface area (Å²) < 4.78 is 9.24. The second-order valence-corrected chi connectivity index (χ2v) is 18.4. The minimum atomic E-state index is -0.534. The summed E-state index contributed by atoms with van der Waals surface area (Å²) in [6.45, 7) is 13.1. The summed E-state index contributed by atoms with van der Waals surface area (Å²) in [5, 5.41) is 49.9. The summed E-state index contributed by atoms with van der Waals surface area (Å²) in [5.41, 5.74) is 7.49. The van der Waals surface area contributed by atoms with Crippen molar-refractivity contribution in [2.45, 2.75) is 86.2 Å². The Morgan fingerprint density at radius 1 is 0.620 bits per heavy atom. The monoisotopic (exact) mass is 1240 g/mol. The summed E-state index contributed by atoms with van der Waals surface area (Å²) in [7, 11) is 0. The number of esters is 1. The normalized spacial score (nSPS) is 10.4. The van der Waals surface area contributed by atoms with Crippen LogP contribution in [0.5, 0.6) is 0 Å². The number of fused-ring (bicyclic) bond motifs is 2. The SMILES string of the molecule is CCCCOC(=O)/C=C/c1cc([N+](=O)[O-])cnc1NCCC.CCCNc1ncc([N+](=O)[O-])cc1Br.CCCn1c(=O)ccc2cc(N)cnc21.CCCn1c(=O)ccc2cc([N+](=O)[O-])cnc21.O=[N+]([O-])c1cnc(Cl)c(Br)c1. The van der Waals surface area contributed by atoms with Crippen LogP contribution in [0.2, 0.25) is 5.15 Å². The maximum Gasteiger partial charge on any atom is 0.330 e. The maximum atomic E-state index is 11.6. The molecule has 0 bridgehead atoms. The molecule has 7 heterocycles. The molecule has 0 aliphatic carbocycles. The summed E-state index contributed by atoms with van der Waals surface area (Å²) in [5.74, 6) is 0.670. The van der Waals surface area contributed by atoms with E-state index >= 15 is 0 Å². The van der Waals surface area contributed by atoms with Crippen LogP contribution in [0.1, 0.15) is 78.7 Å². The number of unbranched alkanes of at least 4 members (excludes halogenated alkanes) is 1. The third-order valence-electron chi connectivity index (χ3n) is 10.1. The quantitative estimate of drug-likeness (QED) is 0.0169. The number of carbonyl (C=O) groups excluding carboxylic acids is 1. The Labute approximate surface area is 473 Å². The zero-order chi connectivity index (χ0) is 58.6. The number of nitrogens with two attached hydrogens (primary N) is 1. The van der Waals surface area contributed by atoms with Crippen LogP contribution >= 0.6 is 43.5 Å². The van der Waals surface area contributed by atoms with Crippen LogP contribution in [0, 0.1) is 40.5 Å². The first-order chi connectivity index (χ1) is 37.7. The molecule has 0 aliphatic rings. The molecular weight excluding hydrogens is 1180 g/mol. The Bertz CT molecular complexity index is 3380. The average Bonchev–Trinajstić information content (AvgIpc) is 3.44. The van der Waals surface area contributed by atoms with Crippen molar-refractivity contribution < 1.29 is 29.2 Å². The molecule has 4 N–H and O–H groups in total. The highest BCUT2D eigenvalue weighted by Crippen LogP contribution is 2.26. The molecule has 7 aromatic heterocycles. The summed E-state index contributed by atoms with van der Waals surface area (Å²) >= 11 is 11.7. The lowest BCUT2D eigenvalue weighted by Crippen LogP contribution is -2.19. The summed E-state index contributed by atoms with van der Waals surface area (Å²) in [6.07, 6.45) is 14.3. The summed E-state index contributed by atoms with van der Waals surface area (Å²) in [6, 6.07) is 13.6. The van der Waals surface area contributed by atoms with E-state index in [0.717, 1.165) is 56.7 Å². The molecule has 0 aliphatic heterocycles. The minimum absolute atomic E-state index is 0.0124. The fraction of sp³-hybridized carbons (Fsp3) is 0.320. The van der Waals surface area contributed by atoms with Gasteiger partial charge in [0.15, 0.2) is 0 Å². The second kappa shape index (κ2) is 33.7. The van der Waals surface area contributed by atoms with Crippen LogP contribution in [-0.4, -0.2) is 79.4 Å². The Kier molecular flexibility index (Phi) is 27.7. The lowest BCUT2D eigenvalue weighted by atomic mass is 10.2. The minimum Gasteiger partial charge on any atom is -0.463 e. The lowest BCUT2D eigenvalue weighted by Gasteiger charge is -2.07. The largest absolute Gasteiger partial charge is 0.463 e. The van der Waals surface area contributed by atoms with E-state index in [2.05, 4.69) is 67.4 Å². The van der Waals surface area contributed by atoms with Crippen molar-refractivity contribution in [3.63, 3.8) is 0 Å². The van der Waals surface area contributed by atoms with Gasteiger partial charge in [-0.05, 0) is 88.2 Å². The van der Waals surface area contributed by atoms with Crippen LogP contribution in [0.15, 0.2) is 110 Å². The number of rotatable bonds is 19. The summed E-state index contributed by atoms with van der Waals surface area (Å²) in [4.78, 5) is 94.5. The highest BCUT2D eigenvalue weighted by molar-refractivity contribution is 9.11. The van der Waals surface area contributed by atoms with Gasteiger partial charge < -0.3 is 21.1 Å². The number of hydrogen-bond donors (Lipinski definition) is 3. The van der Waals surface area contributed by atoms with E-state index in [9.17, 15) is 54.8 Å². The predicted octanol–water partition coefficient (Wildman–Crippen LogP) is 11.3. The fourth-order valence-corrected chi connectivity index (χ4v) is 7.28. The molecule has 0 saturated heterocycles. The third kappa shape index (κ3) is 21.2. The van der Waals surface area contributed by atoms with E-state index in [4.69, 9.17) is 22.1 Å². The average molecular weight is 1240 g/mol. The molecule has 0 aromatic carbocycles. The van der Waals surface area contributed by atoms with E-state index in [1.54, 1.807) is 29.0 Å². The molecule has 0 radical (unpaired) electrons. The van der Waals surface area contributed by atoms with Crippen molar-refractivity contribution >= 4 is 118 Å². The van der Waals surface area contributed by atoms with Gasteiger partial charge in [0, 0.05) is 85.0 Å². The van der Waals surface area contributed by atoms with Crippen LogP contribution in [-0.2, 0) is 22.6 Å². The standard InChI is InChI=1S/C15H21N3O4.C11H11N3O3.C11H13N3O.C8H10BrN3O2.C5H2BrClN2O2/c1-3-5-9-22-14(19)7-6-12-10-13(18(20)21)11-17-15(12)16-8-4-2;1-2-5-13-10(15)4-3-8-6-9(14(16)17)7-12-11(8)13;1-2-5-14-10(15)4-3-8-6-9(12)7-13-11(8)14;1-2-3-10-8-7(9)4-6(5-11-8)12(13)14;6-4-1-3(9(10)11)2-8-5(4)7/h6-7,10-11H,3-5,8-9H2,1-2H3,(H,16,17);3-4,6-7H,2,5H2,1H3;3-4,6-7H,2,5,12H2,1H3;4-5H,2-3H2,1H3,(H,10,11);1-2H/b7-6+;;;;. The molecular formula is C50H57Br2ClN14O12. The Balaban J connectivity index is 0.000000264. The van der Waals surface area contributed by atoms with E-state index in [1.807, 2.05) is 40.7 Å². The molecule has 0 unspecified atom stereocenters. The molecule has 0 atom stereocenters. The molecule has 26 nitrogen and oxygen atoms in total. The van der Waals surface area contributed by atoms with Gasteiger partial charge in [-0.3, -0.25) is 59.2 Å². The van der Waals surface area contributed by atoms with E-state index in [-0.39, 0.29) is 39.0 Å². The molecule has 7 aromatic rings. The number of carbonyl (C=O) groups is 1. The molecule has 0 spiro atoms. The van der Waals surface area contributed by atoms with Crippen molar-refractivity contribution in [3.8, 4) is 0 Å². The number of pyridine rings is 7. The Morgan fingerprint density at radius 2 is 1.08 bits per heavy atom. The highest BCUT2D eigenvalue weighted by atomic mass is 79.9. The zero-order valence-corrected chi connectivity index (χ0v) is 47.5. The lowest BCUT2D eigenvalue weighted by molar-refractivity contribution is -0.385. The van der Waals surface area contributed by atoms with Gasteiger partial charge in [0.2, 0.25) is 0 Å². The number of nitrogens with zero attached hydrogens (tertiary/aromatic N) is 11. The molecule has 29 heteroatoms. The second-order valence-electron chi connectivity index (χ2n) is 16.3. The van der Waals surface area contributed by atoms with Gasteiger partial charge in [-0.25, -0.2) is 29.7 Å².